The van der Waals surface area contributed by atoms with Gasteiger partial charge in [-0.1, -0.05) is 25.7 Å². The predicted octanol–water partition coefficient (Wildman–Crippen LogP) is 6.44. The fraction of sp³-hybridized carbons (Fsp3) is 0.556. The van der Waals surface area contributed by atoms with Crippen molar-refractivity contribution in [2.45, 2.75) is 128 Å². The van der Waals surface area contributed by atoms with Gasteiger partial charge in [-0.05, 0) is 140 Å². The number of aliphatic imine (C=N–C) groups is 1. The van der Waals surface area contributed by atoms with Gasteiger partial charge in [0.1, 0.15) is 47.0 Å². The summed E-state index contributed by atoms with van der Waals surface area (Å²) in [5, 5.41) is 17.5. The fourth-order valence-corrected chi connectivity index (χ4v) is 11.6. The number of unbranched alkanes of at least 4 members (excludes halogenated alkanes) is 5. The molecule has 8 rings (SSSR count). The number of likely N-dealkylation sites (tertiary alicyclic amines) is 2. The highest BCUT2D eigenvalue weighted by atomic mass is 32.2. The SMILES string of the molecule is CN[C@@H](C)C(=O)N[C@H](C(=O)N1CCC[C@H]1C1=NC(C(=O)c2ccc(F)cc2)CS1)C1CCN(CCCCCCCCC(=O)NCCN2C[C@H](C)Oc3ccc(F)cc3C(C)Nc3ccn4ncc(c4n3)C2=O)CC1. The van der Waals surface area contributed by atoms with Gasteiger partial charge in [0.15, 0.2) is 11.4 Å². The van der Waals surface area contributed by atoms with Crippen molar-refractivity contribution < 1.29 is 37.5 Å². The minimum absolute atomic E-state index is 0.0198. The second-order valence-corrected chi connectivity index (χ2v) is 21.2. The number of likely N-dealkylation sites (N-methyl/N-ethyl adjacent to an activating group) is 1. The van der Waals surface area contributed by atoms with E-state index in [-0.39, 0.29) is 72.9 Å². The van der Waals surface area contributed by atoms with Gasteiger partial charge in [0, 0.05) is 49.1 Å². The molecule has 2 unspecified atom stereocenters. The summed E-state index contributed by atoms with van der Waals surface area (Å²) >= 11 is 1.50. The normalized spacial score (nSPS) is 21.4. The second-order valence-electron chi connectivity index (χ2n) is 20.1. The smallest absolute Gasteiger partial charge is 0.259 e. The molecule has 0 radical (unpaired) electrons. The van der Waals surface area contributed by atoms with Crippen LogP contribution in [0.25, 0.3) is 5.65 Å². The van der Waals surface area contributed by atoms with E-state index in [9.17, 15) is 32.8 Å². The van der Waals surface area contributed by atoms with Crippen LogP contribution >= 0.6 is 11.8 Å². The van der Waals surface area contributed by atoms with E-state index in [4.69, 9.17) is 9.73 Å². The number of piperidine rings is 1. The molecule has 2 aromatic heterocycles. The maximum absolute atomic E-state index is 14.5. The largest absolute Gasteiger partial charge is 0.489 e. The zero-order valence-electron chi connectivity index (χ0n) is 43.0. The number of fused-ring (bicyclic) bond motifs is 2. The van der Waals surface area contributed by atoms with Crippen LogP contribution in [0.4, 0.5) is 14.6 Å². The number of rotatable bonds is 20. The predicted molar refractivity (Wildman–Crippen MR) is 282 cm³/mol. The van der Waals surface area contributed by atoms with Gasteiger partial charge < -0.3 is 40.7 Å². The molecule has 0 aliphatic carbocycles. The van der Waals surface area contributed by atoms with Gasteiger partial charge >= 0.3 is 0 Å². The Balaban J connectivity index is 0.747. The highest BCUT2D eigenvalue weighted by molar-refractivity contribution is 8.14. The third kappa shape index (κ3) is 13.6. The molecule has 6 heterocycles. The Kier molecular flexibility index (Phi) is 18.7. The molecule has 4 aliphatic heterocycles. The molecule has 2 saturated heterocycles. The Bertz CT molecular complexity index is 2650. The third-order valence-corrected chi connectivity index (χ3v) is 15.9. The van der Waals surface area contributed by atoms with E-state index in [0.29, 0.717) is 52.6 Å². The quantitative estimate of drug-likeness (QED) is 0.0560. The first-order valence-electron chi connectivity index (χ1n) is 26.4. The average molecular weight is 1040 g/mol. The standard InChI is InChI=1S/C54H71F2N11O6S/c1-34-32-65(53(71)42-31-59-67-28-22-46(62-50(42)67)60-35(2)41-30-40(56)18-19-45(41)73-34)29-23-58-47(68)13-9-7-5-6-8-10-24-64-26-20-37(21-27-64)48(63-51(70)36(3)57-4)54(72)66-25-11-12-44(66)52-61-43(33-74-52)49(69)38-14-16-39(55)17-15-38/h14-19,22,28,30-31,34-37,43-44,48,57H,5-13,20-21,23-27,29,32-33H2,1-4H3,(H,58,68)(H,60,62)(H,63,70)/t34-,35?,36-,43?,44-,48-/m0/s1. The van der Waals surface area contributed by atoms with Crippen molar-refractivity contribution in [1.29, 1.82) is 0 Å². The molecule has 398 valence electrons. The fourth-order valence-electron chi connectivity index (χ4n) is 10.4. The number of Topliss-reactive ketones (excluding diaryl/α,β-unsaturated/α-hetero) is 1. The number of ketones is 1. The van der Waals surface area contributed by atoms with Gasteiger partial charge in [0.2, 0.25) is 17.7 Å². The number of amides is 4. The lowest BCUT2D eigenvalue weighted by Crippen LogP contribution is -2.58. The average Bonchev–Trinajstić information content (AvgIpc) is 4.19. The lowest BCUT2D eigenvalue weighted by atomic mass is 9.88. The highest BCUT2D eigenvalue weighted by Gasteiger charge is 2.42. The zero-order chi connectivity index (χ0) is 52.3. The van der Waals surface area contributed by atoms with Gasteiger partial charge in [0.05, 0.1) is 35.9 Å². The van der Waals surface area contributed by atoms with E-state index in [2.05, 4.69) is 36.2 Å². The maximum atomic E-state index is 14.5. The number of ether oxygens (including phenoxy) is 1. The van der Waals surface area contributed by atoms with Crippen molar-refractivity contribution in [2.24, 2.45) is 10.9 Å². The van der Waals surface area contributed by atoms with Crippen LogP contribution in [0, 0.1) is 17.6 Å². The molecule has 74 heavy (non-hydrogen) atoms. The lowest BCUT2D eigenvalue weighted by molar-refractivity contribution is -0.138. The maximum Gasteiger partial charge on any atom is 0.259 e. The van der Waals surface area contributed by atoms with E-state index in [1.807, 2.05) is 18.7 Å². The third-order valence-electron chi connectivity index (χ3n) is 14.7. The van der Waals surface area contributed by atoms with Gasteiger partial charge in [-0.25, -0.2) is 18.3 Å². The first kappa shape index (κ1) is 54.3. The highest BCUT2D eigenvalue weighted by Crippen LogP contribution is 2.34. The summed E-state index contributed by atoms with van der Waals surface area (Å²) in [6, 6.07) is 9.33. The van der Waals surface area contributed by atoms with Crippen LogP contribution in [-0.4, -0.2) is 153 Å². The van der Waals surface area contributed by atoms with Crippen molar-refractivity contribution >= 4 is 57.7 Å². The Morgan fingerprint density at radius 1 is 0.919 bits per heavy atom. The van der Waals surface area contributed by atoms with Crippen LogP contribution in [0.5, 0.6) is 5.75 Å². The molecule has 4 N–H and O–H groups in total. The van der Waals surface area contributed by atoms with Crippen LogP contribution in [0.2, 0.25) is 0 Å². The Labute approximate surface area is 436 Å². The van der Waals surface area contributed by atoms with Crippen molar-refractivity contribution in [3.8, 4) is 5.75 Å². The van der Waals surface area contributed by atoms with Crippen molar-refractivity contribution in [1.82, 2.24) is 45.2 Å². The molecule has 20 heteroatoms. The minimum Gasteiger partial charge on any atom is -0.489 e. The summed E-state index contributed by atoms with van der Waals surface area (Å²) in [7, 11) is 1.72. The molecule has 6 atom stereocenters. The first-order valence-corrected chi connectivity index (χ1v) is 27.4. The van der Waals surface area contributed by atoms with Crippen LogP contribution in [0.15, 0.2) is 65.9 Å². The summed E-state index contributed by atoms with van der Waals surface area (Å²) in [6.45, 7) is 9.45. The first-order chi connectivity index (χ1) is 35.8. The number of nitrogens with one attached hydrogen (secondary N) is 4. The summed E-state index contributed by atoms with van der Waals surface area (Å²) in [4.78, 5) is 83.4. The van der Waals surface area contributed by atoms with E-state index in [1.54, 1.807) is 41.7 Å². The van der Waals surface area contributed by atoms with Crippen LogP contribution in [-0.2, 0) is 14.4 Å². The summed E-state index contributed by atoms with van der Waals surface area (Å²) < 4.78 is 35.8. The second kappa shape index (κ2) is 25.5. The van der Waals surface area contributed by atoms with Gasteiger partial charge in [0.25, 0.3) is 5.91 Å². The number of anilines is 1. The summed E-state index contributed by atoms with van der Waals surface area (Å²) in [5.41, 5.74) is 1.75. The van der Waals surface area contributed by atoms with E-state index in [0.717, 1.165) is 88.9 Å². The molecule has 17 nitrogen and oxygen atoms in total. The van der Waals surface area contributed by atoms with Crippen molar-refractivity contribution in [3.05, 3.63) is 89.2 Å². The van der Waals surface area contributed by atoms with E-state index >= 15 is 0 Å². The van der Waals surface area contributed by atoms with Gasteiger partial charge in [-0.15, -0.1) is 11.8 Å². The van der Waals surface area contributed by atoms with Crippen LogP contribution in [0.1, 0.15) is 124 Å². The van der Waals surface area contributed by atoms with E-state index < -0.39 is 30.0 Å². The minimum atomic E-state index is -0.667. The number of hydrogen-bond acceptors (Lipinski definition) is 13. The van der Waals surface area contributed by atoms with Gasteiger partial charge in [-0.2, -0.15) is 5.10 Å². The molecule has 4 aromatic rings. The van der Waals surface area contributed by atoms with Crippen molar-refractivity contribution in [2.75, 3.05) is 63.9 Å². The molecule has 0 saturated carbocycles. The zero-order valence-corrected chi connectivity index (χ0v) is 43.8. The topological polar surface area (TPSA) is 195 Å². The number of carbonyl (C=O) groups is 5. The Morgan fingerprint density at radius 3 is 2.43 bits per heavy atom. The molecule has 2 aromatic carbocycles. The molecule has 4 amide bonds. The summed E-state index contributed by atoms with van der Waals surface area (Å²) in [5.74, 6) is -0.158. The molecular weight excluding hydrogens is 969 g/mol. The number of carbonyl (C=O) groups excluding carboxylic acids is 5. The summed E-state index contributed by atoms with van der Waals surface area (Å²) in [6.07, 6.45) is 12.2. The monoisotopic (exact) mass is 1040 g/mol. The van der Waals surface area contributed by atoms with Crippen molar-refractivity contribution in [3.63, 3.8) is 0 Å². The number of benzene rings is 2. The molecule has 0 spiro atoms. The van der Waals surface area contributed by atoms with Crippen LogP contribution in [0.3, 0.4) is 0 Å². The Morgan fingerprint density at radius 2 is 1.66 bits per heavy atom. The molecule has 2 fully saturated rings. The van der Waals surface area contributed by atoms with E-state index in [1.165, 1.54) is 54.4 Å². The Hall–Kier alpha value is -5.99. The number of halogens is 2. The number of aromatic nitrogens is 3. The number of nitrogens with zero attached hydrogens (tertiary/aromatic N) is 7. The molecule has 2 bridgehead atoms. The molecular formula is C54H71F2N11O6S. The number of thioether (sulfide) groups is 1. The van der Waals surface area contributed by atoms with Gasteiger partial charge in [-0.3, -0.25) is 29.0 Å². The molecule has 4 aliphatic rings. The lowest BCUT2D eigenvalue weighted by Gasteiger charge is -2.38. The van der Waals surface area contributed by atoms with Crippen LogP contribution < -0.4 is 26.0 Å². The number of hydrogen-bond donors (Lipinski definition) is 4.